The first-order valence-corrected chi connectivity index (χ1v) is 10.8. The molecule has 0 atom stereocenters. The first kappa shape index (κ1) is 19.1. The first-order chi connectivity index (χ1) is 12.4. The fourth-order valence-electron chi connectivity index (χ4n) is 2.65. The van der Waals surface area contributed by atoms with Crippen LogP contribution < -0.4 is 10.0 Å². The van der Waals surface area contributed by atoms with E-state index in [2.05, 4.69) is 15.0 Å². The highest BCUT2D eigenvalue weighted by atomic mass is 35.5. The molecular weight excluding hydrogens is 396 g/mol. The lowest BCUT2D eigenvalue weighted by Crippen LogP contribution is -2.48. The summed E-state index contributed by atoms with van der Waals surface area (Å²) in [6, 6.07) is 4.75. The highest BCUT2D eigenvalue weighted by Crippen LogP contribution is 2.26. The third-order valence-electron chi connectivity index (χ3n) is 4.11. The summed E-state index contributed by atoms with van der Waals surface area (Å²) in [4.78, 5) is 18.0. The van der Waals surface area contributed by atoms with Gasteiger partial charge in [-0.1, -0.05) is 17.7 Å². The number of nitrogens with zero attached hydrogens (tertiary/aromatic N) is 2. The number of anilines is 1. The summed E-state index contributed by atoms with van der Waals surface area (Å²) >= 11 is 7.23. The molecule has 3 rings (SSSR count). The number of nitrogens with one attached hydrogen (secondary N) is 2. The van der Waals surface area contributed by atoms with Crippen molar-refractivity contribution >= 4 is 44.0 Å². The van der Waals surface area contributed by atoms with Crippen LogP contribution in [0.3, 0.4) is 0 Å². The van der Waals surface area contributed by atoms with Crippen molar-refractivity contribution in [3.05, 3.63) is 39.9 Å². The zero-order valence-electron chi connectivity index (χ0n) is 14.2. The Labute approximate surface area is 161 Å². The third kappa shape index (κ3) is 4.35. The predicted octanol–water partition coefficient (Wildman–Crippen LogP) is 1.88. The molecule has 2 heterocycles. The van der Waals surface area contributed by atoms with E-state index in [1.807, 2.05) is 0 Å². The molecule has 26 heavy (non-hydrogen) atoms. The molecule has 1 fully saturated rings. The molecule has 1 amide bonds. The summed E-state index contributed by atoms with van der Waals surface area (Å²) in [5.41, 5.74) is 1.25. The summed E-state index contributed by atoms with van der Waals surface area (Å²) in [7, 11) is -3.76. The van der Waals surface area contributed by atoms with Gasteiger partial charge >= 0.3 is 0 Å². The lowest BCUT2D eigenvalue weighted by Gasteiger charge is -2.26. The van der Waals surface area contributed by atoms with Gasteiger partial charge in [-0.2, -0.15) is 0 Å². The average molecular weight is 415 g/mol. The second-order valence-corrected chi connectivity index (χ2v) is 8.84. The van der Waals surface area contributed by atoms with Crippen molar-refractivity contribution in [3.8, 4) is 0 Å². The van der Waals surface area contributed by atoms with Crippen LogP contribution in [0.25, 0.3) is 0 Å². The van der Waals surface area contributed by atoms with Crippen LogP contribution in [0, 0.1) is 6.92 Å². The molecule has 1 saturated heterocycles. The number of thiazole rings is 1. The second kappa shape index (κ2) is 7.91. The standard InChI is InChI=1S/C16H19ClN4O3S2/c1-11-13(17)3-2-4-14(11)26(23,24)20-16-19-12(10-25-16)5-7-21-8-6-18-9-15(21)22/h2-4,10,18H,5-9H2,1H3,(H,19,20). The zero-order valence-corrected chi connectivity index (χ0v) is 16.5. The lowest BCUT2D eigenvalue weighted by molar-refractivity contribution is -0.131. The Morgan fingerprint density at radius 2 is 2.23 bits per heavy atom. The van der Waals surface area contributed by atoms with Crippen molar-refractivity contribution in [2.45, 2.75) is 18.2 Å². The Kier molecular flexibility index (Phi) is 5.81. The smallest absolute Gasteiger partial charge is 0.263 e. The van der Waals surface area contributed by atoms with E-state index in [1.165, 1.54) is 17.4 Å². The topological polar surface area (TPSA) is 91.4 Å². The molecule has 1 aromatic carbocycles. The average Bonchev–Trinajstić information content (AvgIpc) is 3.03. The Morgan fingerprint density at radius 1 is 1.42 bits per heavy atom. The summed E-state index contributed by atoms with van der Waals surface area (Å²) in [5.74, 6) is 0.0730. The van der Waals surface area contributed by atoms with Crippen molar-refractivity contribution in [1.29, 1.82) is 0 Å². The number of aromatic nitrogens is 1. The van der Waals surface area contributed by atoms with E-state index in [0.717, 1.165) is 12.2 Å². The number of halogens is 1. The Hall–Kier alpha value is -1.68. The van der Waals surface area contributed by atoms with E-state index in [0.29, 0.717) is 41.8 Å². The molecule has 0 unspecified atom stereocenters. The molecule has 2 aromatic rings. The van der Waals surface area contributed by atoms with E-state index in [-0.39, 0.29) is 10.8 Å². The molecule has 10 heteroatoms. The largest absolute Gasteiger partial charge is 0.340 e. The van der Waals surface area contributed by atoms with Crippen LogP contribution in [0.5, 0.6) is 0 Å². The number of hydrogen-bond acceptors (Lipinski definition) is 6. The number of benzene rings is 1. The van der Waals surface area contributed by atoms with Gasteiger partial charge in [0.25, 0.3) is 10.0 Å². The molecule has 7 nitrogen and oxygen atoms in total. The summed E-state index contributed by atoms with van der Waals surface area (Å²) < 4.78 is 27.6. The first-order valence-electron chi connectivity index (χ1n) is 8.07. The molecule has 0 bridgehead atoms. The molecule has 1 aliphatic heterocycles. The van der Waals surface area contributed by atoms with Gasteiger partial charge in [0.2, 0.25) is 5.91 Å². The minimum Gasteiger partial charge on any atom is -0.340 e. The molecule has 1 aliphatic rings. The summed E-state index contributed by atoms with van der Waals surface area (Å²) in [6.07, 6.45) is 0.583. The van der Waals surface area contributed by atoms with Crippen LogP contribution in [-0.4, -0.2) is 50.4 Å². The zero-order chi connectivity index (χ0) is 18.7. The molecule has 0 saturated carbocycles. The highest BCUT2D eigenvalue weighted by molar-refractivity contribution is 7.93. The van der Waals surface area contributed by atoms with Crippen molar-refractivity contribution in [1.82, 2.24) is 15.2 Å². The number of hydrogen-bond donors (Lipinski definition) is 2. The van der Waals surface area contributed by atoms with E-state index in [4.69, 9.17) is 11.6 Å². The molecule has 0 aliphatic carbocycles. The molecule has 0 radical (unpaired) electrons. The Balaban J connectivity index is 1.66. The van der Waals surface area contributed by atoms with Crippen LogP contribution in [-0.2, 0) is 21.2 Å². The number of carbonyl (C=O) groups is 1. The summed E-state index contributed by atoms with van der Waals surface area (Å²) in [5, 5.41) is 5.52. The van der Waals surface area contributed by atoms with Crippen LogP contribution in [0.2, 0.25) is 5.02 Å². The normalized spacial score (nSPS) is 15.3. The van der Waals surface area contributed by atoms with Crippen LogP contribution in [0.4, 0.5) is 5.13 Å². The lowest BCUT2D eigenvalue weighted by atomic mass is 10.2. The van der Waals surface area contributed by atoms with Gasteiger partial charge in [-0.25, -0.2) is 13.4 Å². The van der Waals surface area contributed by atoms with Crippen molar-refractivity contribution < 1.29 is 13.2 Å². The number of carbonyl (C=O) groups excluding carboxylic acids is 1. The van der Waals surface area contributed by atoms with Gasteiger partial charge in [0, 0.05) is 36.5 Å². The van der Waals surface area contributed by atoms with Gasteiger partial charge in [-0.15, -0.1) is 11.3 Å². The van der Waals surface area contributed by atoms with E-state index in [9.17, 15) is 13.2 Å². The highest BCUT2D eigenvalue weighted by Gasteiger charge is 2.21. The van der Waals surface area contributed by atoms with Crippen LogP contribution >= 0.6 is 22.9 Å². The van der Waals surface area contributed by atoms with E-state index < -0.39 is 10.0 Å². The third-order valence-corrected chi connectivity index (χ3v) is 6.93. The summed E-state index contributed by atoms with van der Waals surface area (Å²) in [6.45, 7) is 4.06. The van der Waals surface area contributed by atoms with E-state index in [1.54, 1.807) is 29.3 Å². The number of rotatable bonds is 6. The molecule has 1 aromatic heterocycles. The molecular formula is C16H19ClN4O3S2. The maximum Gasteiger partial charge on any atom is 0.263 e. The molecule has 140 valence electrons. The van der Waals surface area contributed by atoms with Gasteiger partial charge in [0.05, 0.1) is 17.1 Å². The van der Waals surface area contributed by atoms with Gasteiger partial charge in [0.1, 0.15) is 0 Å². The predicted molar refractivity (Wildman–Crippen MR) is 102 cm³/mol. The van der Waals surface area contributed by atoms with Gasteiger partial charge in [-0.05, 0) is 24.6 Å². The number of sulfonamides is 1. The number of piperazine rings is 1. The second-order valence-electron chi connectivity index (χ2n) is 5.92. The van der Waals surface area contributed by atoms with Crippen molar-refractivity contribution in [2.24, 2.45) is 0 Å². The minimum atomic E-state index is -3.76. The fraction of sp³-hybridized carbons (Fsp3) is 0.375. The van der Waals surface area contributed by atoms with Crippen LogP contribution in [0.1, 0.15) is 11.3 Å². The van der Waals surface area contributed by atoms with Crippen molar-refractivity contribution in [2.75, 3.05) is 30.9 Å². The quantitative estimate of drug-likeness (QED) is 0.753. The maximum absolute atomic E-state index is 12.6. The molecule has 0 spiro atoms. The van der Waals surface area contributed by atoms with Gasteiger partial charge < -0.3 is 10.2 Å². The van der Waals surface area contributed by atoms with Crippen LogP contribution in [0.15, 0.2) is 28.5 Å². The number of amides is 1. The van der Waals surface area contributed by atoms with Crippen molar-refractivity contribution in [3.63, 3.8) is 0 Å². The Morgan fingerprint density at radius 3 is 3.00 bits per heavy atom. The Bertz CT molecular complexity index is 914. The minimum absolute atomic E-state index is 0.0730. The monoisotopic (exact) mass is 414 g/mol. The SMILES string of the molecule is Cc1c(Cl)cccc1S(=O)(=O)Nc1nc(CCN2CCNCC2=O)cs1. The van der Waals surface area contributed by atoms with E-state index >= 15 is 0 Å². The van der Waals surface area contributed by atoms with Gasteiger partial charge in [0.15, 0.2) is 5.13 Å². The molecule has 2 N–H and O–H groups in total. The fourth-order valence-corrected chi connectivity index (χ4v) is 5.15. The van der Waals surface area contributed by atoms with Gasteiger partial charge in [-0.3, -0.25) is 9.52 Å². The maximum atomic E-state index is 12.6.